The van der Waals surface area contributed by atoms with Crippen LogP contribution in [0.3, 0.4) is 0 Å². The maximum Gasteiger partial charge on any atom is 0.119 e. The molecule has 0 amide bonds. The van der Waals surface area contributed by atoms with Gasteiger partial charge in [0, 0.05) is 12.6 Å². The number of methoxy groups -OCH3 is 1. The lowest BCUT2D eigenvalue weighted by Crippen LogP contribution is -2.59. The molecule has 0 aromatic heterocycles. The van der Waals surface area contributed by atoms with E-state index in [0.29, 0.717) is 5.41 Å². The Balaban J connectivity index is 1.65. The molecule has 0 spiro atoms. The van der Waals surface area contributed by atoms with Gasteiger partial charge < -0.3 is 4.74 Å². The van der Waals surface area contributed by atoms with E-state index in [1.807, 2.05) is 0 Å². The van der Waals surface area contributed by atoms with Gasteiger partial charge in [-0.15, -0.1) is 0 Å². The van der Waals surface area contributed by atoms with Gasteiger partial charge >= 0.3 is 0 Å². The molecule has 1 aromatic rings. The highest BCUT2D eigenvalue weighted by Gasteiger charge is 2.48. The highest BCUT2D eigenvalue weighted by molar-refractivity contribution is 5.44. The Hall–Kier alpha value is -1.02. The number of piperidine rings is 1. The van der Waals surface area contributed by atoms with Gasteiger partial charge in [0.2, 0.25) is 0 Å². The second-order valence-corrected chi connectivity index (χ2v) is 8.04. The predicted octanol–water partition coefficient (Wildman–Crippen LogP) is 4.02. The minimum Gasteiger partial charge on any atom is -0.497 e. The average Bonchev–Trinajstić information content (AvgIpc) is 2.48. The largest absolute Gasteiger partial charge is 0.497 e. The molecule has 3 unspecified atom stereocenters. The highest BCUT2D eigenvalue weighted by atomic mass is 16.5. The Morgan fingerprint density at radius 2 is 2.14 bits per heavy atom. The first-order chi connectivity index (χ1) is 10.6. The molecule has 120 valence electrons. The fourth-order valence-corrected chi connectivity index (χ4v) is 5.05. The average molecular weight is 299 g/mol. The van der Waals surface area contributed by atoms with Gasteiger partial charge in [0.25, 0.3) is 0 Å². The third-order valence-electron chi connectivity index (χ3n) is 7.05. The van der Waals surface area contributed by atoms with Crippen molar-refractivity contribution in [2.45, 2.75) is 57.4 Å². The van der Waals surface area contributed by atoms with Crippen molar-refractivity contribution in [2.24, 2.45) is 11.8 Å². The molecule has 2 fully saturated rings. The van der Waals surface area contributed by atoms with E-state index in [4.69, 9.17) is 4.74 Å². The van der Waals surface area contributed by atoms with Crippen LogP contribution in [0, 0.1) is 11.8 Å². The molecule has 1 aromatic carbocycles. The van der Waals surface area contributed by atoms with Gasteiger partial charge in [0.15, 0.2) is 0 Å². The first-order valence-corrected chi connectivity index (χ1v) is 9.03. The predicted molar refractivity (Wildman–Crippen MR) is 90.5 cm³/mol. The maximum absolute atomic E-state index is 5.48. The standard InChI is InChI=1S/C20H29NO/c1-14-19-11-16-7-8-17(22-3)12-18(16)20(14,2)9-10-21(19)13-15-5-4-6-15/h7-8,12,14-15,19H,4-6,9-11,13H2,1-3H3. The third-order valence-corrected chi connectivity index (χ3v) is 7.05. The number of nitrogens with zero attached hydrogens (tertiary/aromatic N) is 1. The van der Waals surface area contributed by atoms with Gasteiger partial charge in [-0.3, -0.25) is 4.90 Å². The molecular formula is C20H29NO. The molecule has 3 atom stereocenters. The van der Waals surface area contributed by atoms with E-state index in [1.54, 1.807) is 18.2 Å². The van der Waals surface area contributed by atoms with Gasteiger partial charge in [-0.05, 0) is 72.7 Å². The summed E-state index contributed by atoms with van der Waals surface area (Å²) in [6.45, 7) is 7.60. The van der Waals surface area contributed by atoms with E-state index >= 15 is 0 Å². The van der Waals surface area contributed by atoms with Gasteiger partial charge in [-0.1, -0.05) is 26.3 Å². The molecule has 0 N–H and O–H groups in total. The summed E-state index contributed by atoms with van der Waals surface area (Å²) >= 11 is 0. The Kier molecular flexibility index (Phi) is 3.48. The van der Waals surface area contributed by atoms with Crippen LogP contribution in [-0.4, -0.2) is 31.1 Å². The van der Waals surface area contributed by atoms with Gasteiger partial charge in [0.05, 0.1) is 7.11 Å². The quantitative estimate of drug-likeness (QED) is 0.836. The minimum absolute atomic E-state index is 0.322. The van der Waals surface area contributed by atoms with Crippen LogP contribution in [0.1, 0.15) is 50.7 Å². The zero-order valence-electron chi connectivity index (χ0n) is 14.3. The van der Waals surface area contributed by atoms with E-state index < -0.39 is 0 Å². The third kappa shape index (κ3) is 2.11. The smallest absolute Gasteiger partial charge is 0.119 e. The van der Waals surface area contributed by atoms with Crippen LogP contribution in [0.2, 0.25) is 0 Å². The van der Waals surface area contributed by atoms with Crippen LogP contribution in [0.5, 0.6) is 5.75 Å². The number of hydrogen-bond acceptors (Lipinski definition) is 2. The van der Waals surface area contributed by atoms with E-state index in [-0.39, 0.29) is 0 Å². The molecule has 2 aliphatic carbocycles. The second kappa shape index (κ2) is 5.26. The van der Waals surface area contributed by atoms with Crippen LogP contribution >= 0.6 is 0 Å². The SMILES string of the molecule is COc1ccc2c(c1)C1(C)CCN(CC3CCC3)C(C2)C1C. The summed E-state index contributed by atoms with van der Waals surface area (Å²) < 4.78 is 5.48. The Morgan fingerprint density at radius 3 is 2.82 bits per heavy atom. The Morgan fingerprint density at radius 1 is 1.32 bits per heavy atom. The number of benzene rings is 1. The zero-order chi connectivity index (χ0) is 15.3. The summed E-state index contributed by atoms with van der Waals surface area (Å²) in [5.41, 5.74) is 3.44. The van der Waals surface area contributed by atoms with Crippen LogP contribution in [0.25, 0.3) is 0 Å². The van der Waals surface area contributed by atoms with Crippen LogP contribution < -0.4 is 4.74 Å². The molecule has 2 nitrogen and oxygen atoms in total. The number of fused-ring (bicyclic) bond motifs is 4. The van der Waals surface area contributed by atoms with Crippen molar-refractivity contribution >= 4 is 0 Å². The molecule has 2 heteroatoms. The molecule has 1 saturated carbocycles. The maximum atomic E-state index is 5.48. The lowest BCUT2D eigenvalue weighted by atomic mass is 9.59. The molecule has 1 saturated heterocycles. The fraction of sp³-hybridized carbons (Fsp3) is 0.700. The number of rotatable bonds is 3. The Bertz CT molecular complexity index is 565. The first-order valence-electron chi connectivity index (χ1n) is 9.03. The first kappa shape index (κ1) is 14.6. The zero-order valence-corrected chi connectivity index (χ0v) is 14.3. The lowest BCUT2D eigenvalue weighted by Gasteiger charge is -2.55. The van der Waals surface area contributed by atoms with Crippen LogP contribution in [0.4, 0.5) is 0 Å². The molecule has 2 bridgehead atoms. The van der Waals surface area contributed by atoms with Crippen molar-refractivity contribution in [1.29, 1.82) is 0 Å². The summed E-state index contributed by atoms with van der Waals surface area (Å²) in [6, 6.07) is 7.51. The summed E-state index contributed by atoms with van der Waals surface area (Å²) in [7, 11) is 1.78. The van der Waals surface area contributed by atoms with Crippen molar-refractivity contribution in [3.05, 3.63) is 29.3 Å². The molecule has 22 heavy (non-hydrogen) atoms. The molecule has 4 rings (SSSR count). The van der Waals surface area contributed by atoms with Crippen molar-refractivity contribution in [3.63, 3.8) is 0 Å². The summed E-state index contributed by atoms with van der Waals surface area (Å²) in [5.74, 6) is 2.73. The van der Waals surface area contributed by atoms with E-state index in [1.165, 1.54) is 45.2 Å². The van der Waals surface area contributed by atoms with E-state index in [2.05, 4.69) is 36.9 Å². The lowest BCUT2D eigenvalue weighted by molar-refractivity contribution is 0.0122. The van der Waals surface area contributed by atoms with E-state index in [0.717, 1.165) is 23.6 Å². The van der Waals surface area contributed by atoms with Crippen LogP contribution in [-0.2, 0) is 11.8 Å². The minimum atomic E-state index is 0.322. The Labute approximate surface area is 134 Å². The highest BCUT2D eigenvalue weighted by Crippen LogP contribution is 2.49. The van der Waals surface area contributed by atoms with E-state index in [9.17, 15) is 0 Å². The van der Waals surface area contributed by atoms with Gasteiger partial charge in [-0.2, -0.15) is 0 Å². The molecule has 0 radical (unpaired) electrons. The normalized spacial score (nSPS) is 34.9. The number of ether oxygens (including phenoxy) is 1. The molecule has 3 aliphatic rings. The van der Waals surface area contributed by atoms with Gasteiger partial charge in [0.1, 0.15) is 5.75 Å². The molecule has 1 aliphatic heterocycles. The number of likely N-dealkylation sites (tertiary alicyclic amines) is 1. The van der Waals surface area contributed by atoms with Crippen LogP contribution in [0.15, 0.2) is 18.2 Å². The molecule has 1 heterocycles. The molecular weight excluding hydrogens is 270 g/mol. The number of hydrogen-bond donors (Lipinski definition) is 0. The topological polar surface area (TPSA) is 12.5 Å². The summed E-state index contributed by atoms with van der Waals surface area (Å²) in [5, 5.41) is 0. The van der Waals surface area contributed by atoms with Crippen molar-refractivity contribution in [3.8, 4) is 5.75 Å². The fourth-order valence-electron chi connectivity index (χ4n) is 5.05. The van der Waals surface area contributed by atoms with Gasteiger partial charge in [-0.25, -0.2) is 0 Å². The van der Waals surface area contributed by atoms with Crippen molar-refractivity contribution < 1.29 is 4.74 Å². The second-order valence-electron chi connectivity index (χ2n) is 8.04. The monoisotopic (exact) mass is 299 g/mol. The summed E-state index contributed by atoms with van der Waals surface area (Å²) in [4.78, 5) is 2.82. The summed E-state index contributed by atoms with van der Waals surface area (Å²) in [6.07, 6.45) is 6.89. The van der Waals surface area contributed by atoms with Crippen molar-refractivity contribution in [2.75, 3.05) is 20.2 Å². The van der Waals surface area contributed by atoms with Crippen molar-refractivity contribution in [1.82, 2.24) is 4.90 Å².